The highest BCUT2D eigenvalue weighted by Crippen LogP contribution is 2.28. The van der Waals surface area contributed by atoms with Gasteiger partial charge in [0.15, 0.2) is 0 Å². The molecule has 0 radical (unpaired) electrons. The SMILES string of the molecule is Cn1c(/C(=C/Nc2ccccc2)[N+](=O)[O-])nnc1C(F)(F)F. The summed E-state index contributed by atoms with van der Waals surface area (Å²) >= 11 is 0. The number of alkyl halides is 3. The molecule has 0 atom stereocenters. The number of halogens is 3. The average molecular weight is 313 g/mol. The normalized spacial score (nSPS) is 12.3. The number of para-hydroxylation sites is 1. The van der Waals surface area contributed by atoms with Gasteiger partial charge in [0.05, 0.1) is 11.1 Å². The Hall–Kier alpha value is -2.91. The summed E-state index contributed by atoms with van der Waals surface area (Å²) in [6.07, 6.45) is -3.77. The lowest BCUT2D eigenvalue weighted by molar-refractivity contribution is -0.376. The van der Waals surface area contributed by atoms with E-state index in [0.717, 1.165) is 13.2 Å². The van der Waals surface area contributed by atoms with Crippen molar-refractivity contribution in [1.29, 1.82) is 0 Å². The largest absolute Gasteiger partial charge is 0.451 e. The van der Waals surface area contributed by atoms with Crippen molar-refractivity contribution in [3.8, 4) is 0 Å². The minimum Gasteiger partial charge on any atom is -0.356 e. The Morgan fingerprint density at radius 3 is 2.45 bits per heavy atom. The zero-order valence-corrected chi connectivity index (χ0v) is 11.2. The topological polar surface area (TPSA) is 85.9 Å². The Morgan fingerprint density at radius 2 is 1.95 bits per heavy atom. The van der Waals surface area contributed by atoms with Crippen LogP contribution in [0.1, 0.15) is 11.6 Å². The first kappa shape index (κ1) is 15.5. The van der Waals surface area contributed by atoms with Crippen LogP contribution in [0.25, 0.3) is 5.70 Å². The van der Waals surface area contributed by atoms with Gasteiger partial charge in [-0.2, -0.15) is 13.2 Å². The molecule has 0 amide bonds. The van der Waals surface area contributed by atoms with Gasteiger partial charge in [-0.1, -0.05) is 18.2 Å². The number of nitrogens with zero attached hydrogens (tertiary/aromatic N) is 4. The lowest BCUT2D eigenvalue weighted by Crippen LogP contribution is -2.15. The van der Waals surface area contributed by atoms with E-state index in [1.165, 1.54) is 0 Å². The van der Waals surface area contributed by atoms with E-state index in [0.29, 0.717) is 10.3 Å². The lowest BCUT2D eigenvalue weighted by atomic mass is 10.3. The second-order valence-corrected chi connectivity index (χ2v) is 4.20. The first-order chi connectivity index (χ1) is 10.3. The second kappa shape index (κ2) is 5.84. The molecule has 0 fully saturated rings. The number of nitro groups is 1. The minimum absolute atomic E-state index is 0.499. The maximum absolute atomic E-state index is 12.6. The molecule has 7 nitrogen and oxygen atoms in total. The highest BCUT2D eigenvalue weighted by atomic mass is 19.4. The van der Waals surface area contributed by atoms with Crippen molar-refractivity contribution in [2.75, 3.05) is 5.32 Å². The van der Waals surface area contributed by atoms with E-state index in [4.69, 9.17) is 0 Å². The van der Waals surface area contributed by atoms with E-state index in [1.54, 1.807) is 30.3 Å². The third kappa shape index (κ3) is 3.22. The maximum Gasteiger partial charge on any atom is 0.451 e. The molecule has 0 aliphatic heterocycles. The number of aromatic nitrogens is 3. The molecule has 0 saturated carbocycles. The Morgan fingerprint density at radius 1 is 1.32 bits per heavy atom. The van der Waals surface area contributed by atoms with Gasteiger partial charge >= 0.3 is 11.9 Å². The van der Waals surface area contributed by atoms with Gasteiger partial charge in [-0.25, -0.2) is 0 Å². The maximum atomic E-state index is 12.6. The second-order valence-electron chi connectivity index (χ2n) is 4.20. The third-order valence-corrected chi connectivity index (χ3v) is 2.70. The average Bonchev–Trinajstić information content (AvgIpc) is 2.82. The first-order valence-corrected chi connectivity index (χ1v) is 5.94. The van der Waals surface area contributed by atoms with Crippen molar-refractivity contribution in [3.63, 3.8) is 0 Å². The van der Waals surface area contributed by atoms with E-state index in [9.17, 15) is 23.3 Å². The highest BCUT2D eigenvalue weighted by molar-refractivity contribution is 5.57. The molecule has 1 N–H and O–H groups in total. The van der Waals surface area contributed by atoms with Gasteiger partial charge in [-0.3, -0.25) is 10.1 Å². The predicted molar refractivity (Wildman–Crippen MR) is 71.0 cm³/mol. The summed E-state index contributed by atoms with van der Waals surface area (Å²) < 4.78 is 38.5. The van der Waals surface area contributed by atoms with Crippen LogP contribution in [0.4, 0.5) is 18.9 Å². The number of benzene rings is 1. The van der Waals surface area contributed by atoms with Crippen LogP contribution < -0.4 is 5.32 Å². The molecule has 116 valence electrons. The molecular formula is C12H10F3N5O2. The molecule has 0 spiro atoms. The zero-order chi connectivity index (χ0) is 16.3. The summed E-state index contributed by atoms with van der Waals surface area (Å²) in [5, 5.41) is 19.9. The van der Waals surface area contributed by atoms with Crippen LogP contribution in [0, 0.1) is 10.1 Å². The molecular weight excluding hydrogens is 303 g/mol. The van der Waals surface area contributed by atoms with Gasteiger partial charge in [0, 0.05) is 12.7 Å². The lowest BCUT2D eigenvalue weighted by Gasteiger charge is -2.06. The molecule has 0 bridgehead atoms. The molecule has 1 aromatic carbocycles. The van der Waals surface area contributed by atoms with Gasteiger partial charge in [-0.15, -0.1) is 10.2 Å². The van der Waals surface area contributed by atoms with Crippen LogP contribution in [0.5, 0.6) is 0 Å². The van der Waals surface area contributed by atoms with Gasteiger partial charge in [0.1, 0.15) is 0 Å². The standard InChI is InChI=1S/C12H10F3N5O2/c1-19-10(17-18-11(19)12(13,14)15)9(20(21)22)7-16-8-5-3-2-4-6-8/h2-7,16H,1H3/b9-7-. The van der Waals surface area contributed by atoms with Crippen LogP contribution in [0.2, 0.25) is 0 Å². The predicted octanol–water partition coefficient (Wildman–Crippen LogP) is 2.52. The van der Waals surface area contributed by atoms with E-state index >= 15 is 0 Å². The number of anilines is 1. The smallest absolute Gasteiger partial charge is 0.356 e. The Labute approximate surface area is 122 Å². The summed E-state index contributed by atoms with van der Waals surface area (Å²) in [4.78, 5) is 10.2. The van der Waals surface area contributed by atoms with E-state index in [1.807, 2.05) is 0 Å². The number of hydrogen-bond acceptors (Lipinski definition) is 5. The third-order valence-electron chi connectivity index (χ3n) is 2.70. The van der Waals surface area contributed by atoms with Crippen LogP contribution in [0.3, 0.4) is 0 Å². The number of nitrogens with one attached hydrogen (secondary N) is 1. The zero-order valence-electron chi connectivity index (χ0n) is 11.2. The molecule has 10 heteroatoms. The van der Waals surface area contributed by atoms with Gasteiger partial charge in [-0.05, 0) is 12.1 Å². The van der Waals surface area contributed by atoms with Crippen LogP contribution in [0.15, 0.2) is 36.5 Å². The van der Waals surface area contributed by atoms with Crippen LogP contribution >= 0.6 is 0 Å². The van der Waals surface area contributed by atoms with Gasteiger partial charge < -0.3 is 9.88 Å². The fourth-order valence-corrected chi connectivity index (χ4v) is 1.68. The van der Waals surface area contributed by atoms with E-state index in [2.05, 4.69) is 15.5 Å². The summed E-state index contributed by atoms with van der Waals surface area (Å²) in [6.45, 7) is 0. The number of rotatable bonds is 4. The fourth-order valence-electron chi connectivity index (χ4n) is 1.68. The molecule has 1 heterocycles. The van der Waals surface area contributed by atoms with Gasteiger partial charge in [0.2, 0.25) is 11.6 Å². The Bertz CT molecular complexity index is 709. The summed E-state index contributed by atoms with van der Waals surface area (Å²) in [5.41, 5.74) is -0.0885. The highest BCUT2D eigenvalue weighted by Gasteiger charge is 2.39. The quantitative estimate of drug-likeness (QED) is 0.692. The molecule has 2 rings (SSSR count). The van der Waals surface area contributed by atoms with E-state index in [-0.39, 0.29) is 0 Å². The summed E-state index contributed by atoms with van der Waals surface area (Å²) in [7, 11) is 1.01. The minimum atomic E-state index is -4.74. The van der Waals surface area contributed by atoms with Crippen LogP contribution in [-0.2, 0) is 13.2 Å². The van der Waals surface area contributed by atoms with Crippen molar-refractivity contribution < 1.29 is 18.1 Å². The fraction of sp³-hybridized carbons (Fsp3) is 0.167. The molecule has 1 aromatic heterocycles. The molecule has 0 aliphatic rings. The van der Waals surface area contributed by atoms with Crippen molar-refractivity contribution in [1.82, 2.24) is 14.8 Å². The monoisotopic (exact) mass is 313 g/mol. The van der Waals surface area contributed by atoms with Crippen LogP contribution in [-0.4, -0.2) is 19.7 Å². The molecule has 0 aliphatic carbocycles. The van der Waals surface area contributed by atoms with Crippen molar-refractivity contribution in [2.45, 2.75) is 6.18 Å². The molecule has 2 aromatic rings. The molecule has 22 heavy (non-hydrogen) atoms. The summed E-state index contributed by atoms with van der Waals surface area (Å²) in [5.74, 6) is -1.81. The molecule has 0 saturated heterocycles. The summed E-state index contributed by atoms with van der Waals surface area (Å²) in [6, 6.07) is 8.44. The van der Waals surface area contributed by atoms with E-state index < -0.39 is 28.4 Å². The number of hydrogen-bond donors (Lipinski definition) is 1. The molecule has 0 unspecified atom stereocenters. The first-order valence-electron chi connectivity index (χ1n) is 5.94. The Kier molecular flexibility index (Phi) is 4.11. The van der Waals surface area contributed by atoms with Crippen molar-refractivity contribution in [3.05, 3.63) is 58.3 Å². The van der Waals surface area contributed by atoms with Crippen molar-refractivity contribution >= 4 is 11.4 Å². The Balaban J connectivity index is 2.37. The van der Waals surface area contributed by atoms with Gasteiger partial charge in [0.25, 0.3) is 0 Å². The van der Waals surface area contributed by atoms with Crippen molar-refractivity contribution in [2.24, 2.45) is 7.05 Å².